The summed E-state index contributed by atoms with van der Waals surface area (Å²) in [6, 6.07) is 15.4. The fourth-order valence-electron chi connectivity index (χ4n) is 4.25. The third-order valence-corrected chi connectivity index (χ3v) is 6.86. The molecule has 6 heteroatoms. The number of halogens is 1. The van der Waals surface area contributed by atoms with Crippen molar-refractivity contribution in [2.45, 2.75) is 26.0 Å². The average molecular weight is 427 g/mol. The monoisotopic (exact) mass is 426 g/mol. The predicted molar refractivity (Wildman–Crippen MR) is 119 cm³/mol. The number of thiophene rings is 1. The van der Waals surface area contributed by atoms with Gasteiger partial charge in [-0.15, -0.1) is 11.3 Å². The van der Waals surface area contributed by atoms with Crippen molar-refractivity contribution in [1.29, 1.82) is 0 Å². The number of rotatable bonds is 7. The topological polar surface area (TPSA) is 41.6 Å². The highest BCUT2D eigenvalue weighted by atomic mass is 32.1. The van der Waals surface area contributed by atoms with Crippen LogP contribution < -0.4 is 5.32 Å². The molecule has 2 heterocycles. The van der Waals surface area contributed by atoms with Crippen LogP contribution in [0.1, 0.15) is 33.6 Å². The number of nitrogens with zero attached hydrogens (tertiary/aromatic N) is 1. The molecule has 1 N–H and O–H groups in total. The first-order chi connectivity index (χ1) is 14.7. The van der Waals surface area contributed by atoms with E-state index in [1.165, 1.54) is 23.0 Å². The number of fused-ring (bicyclic) bond motifs is 1. The summed E-state index contributed by atoms with van der Waals surface area (Å²) in [6.07, 6.45) is 2.24. The van der Waals surface area contributed by atoms with Gasteiger partial charge in [-0.3, -0.25) is 9.69 Å². The van der Waals surface area contributed by atoms with E-state index in [0.29, 0.717) is 28.3 Å². The van der Waals surface area contributed by atoms with Crippen LogP contribution in [0.2, 0.25) is 0 Å². The Balaban J connectivity index is 1.41. The van der Waals surface area contributed by atoms with Gasteiger partial charge >= 0.3 is 0 Å². The molecule has 158 valence electrons. The van der Waals surface area contributed by atoms with Crippen LogP contribution in [0.15, 0.2) is 48.5 Å². The number of ether oxygens (including phenoxy) is 1. The number of benzene rings is 2. The van der Waals surface area contributed by atoms with Crippen molar-refractivity contribution >= 4 is 27.3 Å². The fraction of sp³-hybridized carbons (Fsp3) is 0.375. The summed E-state index contributed by atoms with van der Waals surface area (Å²) in [6.45, 7) is 3.86. The number of piperidine rings is 1. The number of hydrogen-bond acceptors (Lipinski definition) is 4. The second-order valence-electron chi connectivity index (χ2n) is 7.89. The molecule has 30 heavy (non-hydrogen) atoms. The summed E-state index contributed by atoms with van der Waals surface area (Å²) in [7, 11) is 1.56. The van der Waals surface area contributed by atoms with Crippen LogP contribution in [-0.2, 0) is 17.9 Å². The molecular formula is C24H27FN2O2S. The highest BCUT2D eigenvalue weighted by molar-refractivity contribution is 7.21. The van der Waals surface area contributed by atoms with Crippen LogP contribution in [0.3, 0.4) is 0 Å². The number of nitrogens with one attached hydrogen (secondary N) is 1. The molecule has 1 aliphatic rings. The maximum Gasteiger partial charge on any atom is 0.261 e. The summed E-state index contributed by atoms with van der Waals surface area (Å²) in [5.41, 5.74) is 1.96. The smallest absolute Gasteiger partial charge is 0.261 e. The summed E-state index contributed by atoms with van der Waals surface area (Å²) in [5, 5.41) is 3.60. The van der Waals surface area contributed by atoms with Crippen molar-refractivity contribution in [1.82, 2.24) is 10.2 Å². The van der Waals surface area contributed by atoms with E-state index in [4.69, 9.17) is 4.74 Å². The van der Waals surface area contributed by atoms with E-state index in [-0.39, 0.29) is 18.3 Å². The van der Waals surface area contributed by atoms with Gasteiger partial charge in [0.2, 0.25) is 0 Å². The Labute approximate surface area is 180 Å². The lowest BCUT2D eigenvalue weighted by molar-refractivity contribution is 0.0930. The predicted octanol–water partition coefficient (Wildman–Crippen LogP) is 4.83. The molecular weight excluding hydrogens is 399 g/mol. The van der Waals surface area contributed by atoms with Gasteiger partial charge in [0.1, 0.15) is 5.82 Å². The molecule has 4 rings (SSSR count). The largest absolute Gasteiger partial charge is 0.380 e. The molecule has 0 aliphatic carbocycles. The van der Waals surface area contributed by atoms with Crippen LogP contribution in [0, 0.1) is 11.7 Å². The molecule has 1 fully saturated rings. The molecule has 1 saturated heterocycles. The van der Waals surface area contributed by atoms with Gasteiger partial charge < -0.3 is 10.1 Å². The summed E-state index contributed by atoms with van der Waals surface area (Å²) >= 11 is 1.33. The van der Waals surface area contributed by atoms with Crippen molar-refractivity contribution in [3.63, 3.8) is 0 Å². The first kappa shape index (κ1) is 21.0. The van der Waals surface area contributed by atoms with Crippen LogP contribution >= 0.6 is 11.3 Å². The van der Waals surface area contributed by atoms with Gasteiger partial charge in [0, 0.05) is 42.4 Å². The summed E-state index contributed by atoms with van der Waals surface area (Å²) < 4.78 is 20.4. The Hall–Kier alpha value is -2.28. The Morgan fingerprint density at radius 3 is 2.87 bits per heavy atom. The zero-order valence-corrected chi connectivity index (χ0v) is 18.0. The SMILES string of the molecule is COCc1c(C(=O)NCC2CCCN(Cc3ccccc3)C2)sc2cccc(F)c12. The maximum atomic E-state index is 14.4. The first-order valence-corrected chi connectivity index (χ1v) is 11.2. The van der Waals surface area contributed by atoms with E-state index in [9.17, 15) is 9.18 Å². The molecule has 1 aromatic heterocycles. The molecule has 1 amide bonds. The Bertz CT molecular complexity index is 1010. The number of carbonyl (C=O) groups is 1. The lowest BCUT2D eigenvalue weighted by Crippen LogP contribution is -2.40. The Kier molecular flexibility index (Phi) is 6.77. The minimum atomic E-state index is -0.307. The summed E-state index contributed by atoms with van der Waals surface area (Å²) in [5.74, 6) is -0.0232. The van der Waals surface area contributed by atoms with E-state index in [1.807, 2.05) is 12.1 Å². The van der Waals surface area contributed by atoms with Crippen LogP contribution in [0.25, 0.3) is 10.1 Å². The highest BCUT2D eigenvalue weighted by Crippen LogP contribution is 2.33. The quantitative estimate of drug-likeness (QED) is 0.588. The second kappa shape index (κ2) is 9.69. The van der Waals surface area contributed by atoms with Gasteiger partial charge in [-0.1, -0.05) is 36.4 Å². The average Bonchev–Trinajstić information content (AvgIpc) is 3.13. The molecule has 1 atom stereocenters. The zero-order valence-electron chi connectivity index (χ0n) is 17.2. The second-order valence-corrected chi connectivity index (χ2v) is 8.95. The van der Waals surface area contributed by atoms with E-state index in [2.05, 4.69) is 34.5 Å². The van der Waals surface area contributed by atoms with E-state index in [0.717, 1.165) is 37.2 Å². The Morgan fingerprint density at radius 1 is 1.23 bits per heavy atom. The van der Waals surface area contributed by atoms with Crippen LogP contribution in [0.5, 0.6) is 0 Å². The molecule has 0 saturated carbocycles. The van der Waals surface area contributed by atoms with Gasteiger partial charge in [-0.05, 0) is 43.0 Å². The maximum absolute atomic E-state index is 14.4. The van der Waals surface area contributed by atoms with Gasteiger partial charge in [0.05, 0.1) is 11.5 Å². The Morgan fingerprint density at radius 2 is 2.07 bits per heavy atom. The van der Waals surface area contributed by atoms with Gasteiger partial charge in [0.15, 0.2) is 0 Å². The number of hydrogen-bond donors (Lipinski definition) is 1. The van der Waals surface area contributed by atoms with Crippen LogP contribution in [-0.4, -0.2) is 37.6 Å². The fourth-order valence-corrected chi connectivity index (χ4v) is 5.39. The molecule has 0 spiro atoms. The molecule has 1 aliphatic heterocycles. The lowest BCUT2D eigenvalue weighted by atomic mass is 9.97. The third kappa shape index (κ3) is 4.72. The summed E-state index contributed by atoms with van der Waals surface area (Å²) in [4.78, 5) is 16.0. The number of amides is 1. The normalized spacial score (nSPS) is 17.3. The minimum Gasteiger partial charge on any atom is -0.380 e. The number of carbonyl (C=O) groups excluding carboxylic acids is 1. The first-order valence-electron chi connectivity index (χ1n) is 10.4. The van der Waals surface area contributed by atoms with E-state index < -0.39 is 0 Å². The molecule has 2 aromatic carbocycles. The standard InChI is InChI=1S/C24H27FN2O2S/c1-29-16-19-22-20(25)10-5-11-21(22)30-23(19)24(28)26-13-18-9-6-12-27(15-18)14-17-7-3-2-4-8-17/h2-5,7-8,10-11,18H,6,9,12-16H2,1H3,(H,26,28). The van der Waals surface area contributed by atoms with Crippen molar-refractivity contribution in [3.05, 3.63) is 70.4 Å². The van der Waals surface area contributed by atoms with Gasteiger partial charge in [-0.25, -0.2) is 4.39 Å². The third-order valence-electron chi connectivity index (χ3n) is 5.66. The lowest BCUT2D eigenvalue weighted by Gasteiger charge is -2.32. The van der Waals surface area contributed by atoms with Crippen molar-refractivity contribution < 1.29 is 13.9 Å². The minimum absolute atomic E-state index is 0.136. The molecule has 4 nitrogen and oxygen atoms in total. The van der Waals surface area contributed by atoms with E-state index >= 15 is 0 Å². The number of likely N-dealkylation sites (tertiary alicyclic amines) is 1. The number of methoxy groups -OCH3 is 1. The zero-order chi connectivity index (χ0) is 20.9. The molecule has 0 radical (unpaired) electrons. The molecule has 0 bridgehead atoms. The highest BCUT2D eigenvalue weighted by Gasteiger charge is 2.23. The van der Waals surface area contributed by atoms with Gasteiger partial charge in [0.25, 0.3) is 5.91 Å². The van der Waals surface area contributed by atoms with Crippen molar-refractivity contribution in [2.24, 2.45) is 5.92 Å². The molecule has 3 aromatic rings. The van der Waals surface area contributed by atoms with Crippen molar-refractivity contribution in [2.75, 3.05) is 26.7 Å². The van der Waals surface area contributed by atoms with E-state index in [1.54, 1.807) is 13.2 Å². The van der Waals surface area contributed by atoms with Gasteiger partial charge in [-0.2, -0.15) is 0 Å². The van der Waals surface area contributed by atoms with Crippen molar-refractivity contribution in [3.8, 4) is 0 Å². The van der Waals surface area contributed by atoms with Crippen LogP contribution in [0.4, 0.5) is 4.39 Å². The molecule has 1 unspecified atom stereocenters.